The summed E-state index contributed by atoms with van der Waals surface area (Å²) in [7, 11) is 1.66. The Morgan fingerprint density at radius 1 is 0.795 bits per heavy atom. The van der Waals surface area contributed by atoms with Crippen LogP contribution in [0, 0.1) is 0 Å². The Kier molecular flexibility index (Phi) is 14.6. The molecule has 6 heteroatoms. The average Bonchev–Trinajstić information content (AvgIpc) is 3.37. The highest BCUT2D eigenvalue weighted by atomic mass is 32.1. The van der Waals surface area contributed by atoms with E-state index in [2.05, 4.69) is 16.9 Å². The number of aromatic nitrogens is 1. The summed E-state index contributed by atoms with van der Waals surface area (Å²) in [6, 6.07) is 13.2. The number of hydrogen-bond donors (Lipinski definition) is 0. The van der Waals surface area contributed by atoms with Crippen molar-refractivity contribution in [3.63, 3.8) is 0 Å². The summed E-state index contributed by atoms with van der Waals surface area (Å²) in [4.78, 5) is 21.2. The Morgan fingerprint density at radius 3 is 1.95 bits per heavy atom. The van der Waals surface area contributed by atoms with E-state index in [9.17, 15) is 4.79 Å². The van der Waals surface area contributed by atoms with Crippen LogP contribution in [0.2, 0.25) is 0 Å². The summed E-state index contributed by atoms with van der Waals surface area (Å²) >= 11 is 1.52. The number of carbonyl (C=O) groups is 1. The first kappa shape index (κ1) is 30.8. The van der Waals surface area contributed by atoms with Crippen LogP contribution in [0.4, 0.5) is 5.13 Å². The van der Waals surface area contributed by atoms with E-state index in [1.807, 2.05) is 42.5 Å². The van der Waals surface area contributed by atoms with Crippen molar-refractivity contribution >= 4 is 38.9 Å². The molecule has 39 heavy (non-hydrogen) atoms. The second-order valence-corrected chi connectivity index (χ2v) is 11.3. The molecular formula is C33H46N2O3S. The van der Waals surface area contributed by atoms with Gasteiger partial charge in [0.25, 0.3) is 0 Å². The number of methoxy groups -OCH3 is 1. The van der Waals surface area contributed by atoms with Gasteiger partial charge in [-0.15, -0.1) is 0 Å². The lowest BCUT2D eigenvalue weighted by molar-refractivity contribution is -0.134. The number of fused-ring (bicyclic) bond motifs is 1. The van der Waals surface area contributed by atoms with Crippen molar-refractivity contribution in [2.75, 3.05) is 7.11 Å². The number of thiazole rings is 1. The highest BCUT2D eigenvalue weighted by molar-refractivity contribution is 7.22. The predicted molar refractivity (Wildman–Crippen MR) is 165 cm³/mol. The van der Waals surface area contributed by atoms with Crippen LogP contribution in [-0.4, -0.2) is 24.3 Å². The van der Waals surface area contributed by atoms with E-state index in [1.54, 1.807) is 13.3 Å². The van der Waals surface area contributed by atoms with Crippen LogP contribution in [0.1, 0.15) is 115 Å². The van der Waals surface area contributed by atoms with E-state index in [1.165, 1.54) is 94.8 Å². The molecular weight excluding hydrogens is 504 g/mol. The second-order valence-electron chi connectivity index (χ2n) is 10.3. The fourth-order valence-electron chi connectivity index (χ4n) is 4.65. The van der Waals surface area contributed by atoms with Crippen LogP contribution >= 0.6 is 11.3 Å². The first-order chi connectivity index (χ1) is 19.2. The van der Waals surface area contributed by atoms with Gasteiger partial charge in [-0.3, -0.25) is 4.79 Å². The van der Waals surface area contributed by atoms with Gasteiger partial charge in [0.2, 0.25) is 5.13 Å². The molecule has 0 radical (unpaired) electrons. The number of unbranched alkanes of at least 4 members (excludes halogenated alkanes) is 14. The van der Waals surface area contributed by atoms with Crippen LogP contribution in [0.15, 0.2) is 47.5 Å². The number of esters is 1. The van der Waals surface area contributed by atoms with Gasteiger partial charge in [-0.2, -0.15) is 0 Å². The number of nitrogens with zero attached hydrogens (tertiary/aromatic N) is 2. The van der Waals surface area contributed by atoms with Crippen molar-refractivity contribution in [1.29, 1.82) is 0 Å². The second kappa shape index (κ2) is 18.5. The summed E-state index contributed by atoms with van der Waals surface area (Å²) in [5.74, 6) is 1.23. The molecule has 0 N–H and O–H groups in total. The molecule has 1 aromatic heterocycles. The standard InChI is InChI=1S/C33H46N2O3S/c1-3-4-5-6-7-8-9-10-11-12-13-14-15-16-17-18-32(36)38-28-21-19-27(20-22-28)26-34-33-35-30-24-23-29(37-2)25-31(30)39-33/h19-26H,3-18H2,1-2H3/b34-26+. The number of aliphatic imine (C=N–C) groups is 1. The third-order valence-corrected chi connectivity index (χ3v) is 7.93. The van der Waals surface area contributed by atoms with Crippen molar-refractivity contribution < 1.29 is 14.3 Å². The monoisotopic (exact) mass is 550 g/mol. The lowest BCUT2D eigenvalue weighted by Gasteiger charge is -2.05. The summed E-state index contributed by atoms with van der Waals surface area (Å²) in [5.41, 5.74) is 1.83. The number of hydrogen-bond acceptors (Lipinski definition) is 6. The van der Waals surface area contributed by atoms with Gasteiger partial charge < -0.3 is 9.47 Å². The van der Waals surface area contributed by atoms with E-state index in [0.717, 1.165) is 34.4 Å². The molecule has 0 aliphatic heterocycles. The normalized spacial score (nSPS) is 11.4. The average molecular weight is 551 g/mol. The molecule has 0 spiro atoms. The van der Waals surface area contributed by atoms with Gasteiger partial charge in [-0.25, -0.2) is 9.98 Å². The minimum absolute atomic E-state index is 0.156. The van der Waals surface area contributed by atoms with Crippen LogP contribution in [0.3, 0.4) is 0 Å². The third-order valence-electron chi connectivity index (χ3n) is 7.00. The molecule has 3 rings (SSSR count). The van der Waals surface area contributed by atoms with Gasteiger partial charge >= 0.3 is 5.97 Å². The molecule has 0 saturated heterocycles. The molecule has 3 aromatic rings. The van der Waals surface area contributed by atoms with Crippen molar-refractivity contribution in [3.05, 3.63) is 48.0 Å². The fourth-order valence-corrected chi connectivity index (χ4v) is 5.49. The fraction of sp³-hybridized carbons (Fsp3) is 0.545. The van der Waals surface area contributed by atoms with Gasteiger partial charge in [0.05, 0.1) is 17.3 Å². The quantitative estimate of drug-likeness (QED) is 0.0607. The van der Waals surface area contributed by atoms with E-state index in [0.29, 0.717) is 17.3 Å². The maximum atomic E-state index is 12.2. The van der Waals surface area contributed by atoms with E-state index >= 15 is 0 Å². The number of ether oxygens (including phenoxy) is 2. The zero-order chi connectivity index (χ0) is 27.5. The molecule has 0 unspecified atom stereocenters. The SMILES string of the molecule is CCCCCCCCCCCCCCCCCC(=O)Oc1ccc(/C=N/c2nc3ccc(OC)cc3s2)cc1. The third kappa shape index (κ3) is 12.3. The molecule has 0 saturated carbocycles. The van der Waals surface area contributed by atoms with E-state index < -0.39 is 0 Å². The lowest BCUT2D eigenvalue weighted by atomic mass is 10.0. The first-order valence-corrected chi connectivity index (χ1v) is 15.8. The molecule has 5 nitrogen and oxygen atoms in total. The zero-order valence-corrected chi connectivity index (χ0v) is 24.8. The van der Waals surface area contributed by atoms with Crippen molar-refractivity contribution in [1.82, 2.24) is 4.98 Å². The minimum Gasteiger partial charge on any atom is -0.497 e. The van der Waals surface area contributed by atoms with Crippen LogP contribution in [0.5, 0.6) is 11.5 Å². The largest absolute Gasteiger partial charge is 0.497 e. The lowest BCUT2D eigenvalue weighted by Crippen LogP contribution is -2.07. The highest BCUT2D eigenvalue weighted by Crippen LogP contribution is 2.30. The summed E-state index contributed by atoms with van der Waals surface area (Å²) in [6.07, 6.45) is 22.0. The molecule has 1 heterocycles. The maximum Gasteiger partial charge on any atom is 0.311 e. The van der Waals surface area contributed by atoms with Crippen LogP contribution in [0.25, 0.3) is 10.2 Å². The van der Waals surface area contributed by atoms with Gasteiger partial charge in [0.1, 0.15) is 11.5 Å². The Morgan fingerprint density at radius 2 is 1.36 bits per heavy atom. The molecule has 2 aromatic carbocycles. The molecule has 0 fully saturated rings. The summed E-state index contributed by atoms with van der Waals surface area (Å²) in [5, 5.41) is 0.692. The number of benzene rings is 2. The topological polar surface area (TPSA) is 60.8 Å². The van der Waals surface area contributed by atoms with Crippen LogP contribution < -0.4 is 9.47 Å². The molecule has 0 bridgehead atoms. The van der Waals surface area contributed by atoms with Crippen molar-refractivity contribution in [2.45, 2.75) is 110 Å². The Hall–Kier alpha value is -2.73. The molecule has 212 valence electrons. The highest BCUT2D eigenvalue weighted by Gasteiger charge is 2.06. The summed E-state index contributed by atoms with van der Waals surface area (Å²) in [6.45, 7) is 2.28. The first-order valence-electron chi connectivity index (χ1n) is 15.0. The van der Waals surface area contributed by atoms with Crippen LogP contribution in [-0.2, 0) is 4.79 Å². The zero-order valence-electron chi connectivity index (χ0n) is 24.0. The van der Waals surface area contributed by atoms with Gasteiger partial charge in [0.15, 0.2) is 0 Å². The Labute approximate surface area is 239 Å². The molecule has 0 atom stereocenters. The van der Waals surface area contributed by atoms with Gasteiger partial charge in [-0.1, -0.05) is 108 Å². The predicted octanol–water partition coefficient (Wildman–Crippen LogP) is 10.2. The summed E-state index contributed by atoms with van der Waals surface area (Å²) < 4.78 is 11.8. The van der Waals surface area contributed by atoms with Crippen molar-refractivity contribution in [3.8, 4) is 11.5 Å². The van der Waals surface area contributed by atoms with Gasteiger partial charge in [-0.05, 0) is 54.4 Å². The number of carbonyl (C=O) groups excluding carboxylic acids is 1. The van der Waals surface area contributed by atoms with Gasteiger partial charge in [0, 0.05) is 12.6 Å². The van der Waals surface area contributed by atoms with E-state index in [4.69, 9.17) is 9.47 Å². The van der Waals surface area contributed by atoms with Crippen molar-refractivity contribution in [2.24, 2.45) is 4.99 Å². The molecule has 0 aliphatic rings. The molecule has 0 aliphatic carbocycles. The molecule has 0 amide bonds. The van der Waals surface area contributed by atoms with E-state index in [-0.39, 0.29) is 5.97 Å². The smallest absolute Gasteiger partial charge is 0.311 e. The minimum atomic E-state index is -0.156. The number of rotatable bonds is 20. The Balaban J connectivity index is 1.21. The Bertz CT molecular complexity index is 1120. The maximum absolute atomic E-state index is 12.2.